The molecule has 0 aliphatic carbocycles. The molecule has 0 radical (unpaired) electrons. The predicted octanol–water partition coefficient (Wildman–Crippen LogP) is 0.482. The van der Waals surface area contributed by atoms with Crippen LogP contribution < -0.4 is 0 Å². The van der Waals surface area contributed by atoms with Gasteiger partial charge in [-0.25, -0.2) is 0 Å². The third kappa shape index (κ3) is 1.46. The van der Waals surface area contributed by atoms with E-state index in [4.69, 9.17) is 0 Å². The molecule has 0 aromatic carbocycles. The first-order valence-corrected chi connectivity index (χ1v) is 4.54. The highest BCUT2D eigenvalue weighted by molar-refractivity contribution is 5.80. The topological polar surface area (TPSA) is 40.5 Å². The highest BCUT2D eigenvalue weighted by Crippen LogP contribution is 2.22. The van der Waals surface area contributed by atoms with E-state index in [-0.39, 0.29) is 17.7 Å². The molecular formula is C9H17NO2. The molecule has 1 aliphatic rings. The summed E-state index contributed by atoms with van der Waals surface area (Å²) in [6, 6.07) is 0. The third-order valence-corrected chi connectivity index (χ3v) is 2.69. The second-order valence-corrected chi connectivity index (χ2v) is 3.63. The van der Waals surface area contributed by atoms with E-state index in [1.165, 1.54) is 0 Å². The highest BCUT2D eigenvalue weighted by Gasteiger charge is 2.35. The van der Waals surface area contributed by atoms with E-state index in [0.29, 0.717) is 6.54 Å². The minimum absolute atomic E-state index is 0.0862. The first kappa shape index (κ1) is 9.52. The zero-order valence-electron chi connectivity index (χ0n) is 7.95. The number of carbonyl (C=O) groups is 1. The lowest BCUT2D eigenvalue weighted by molar-refractivity contribution is -0.146. The summed E-state index contributed by atoms with van der Waals surface area (Å²) in [6.45, 7) is 7.19. The maximum Gasteiger partial charge on any atom is 0.228 e. The molecule has 1 N–H and O–H groups in total. The smallest absolute Gasteiger partial charge is 0.228 e. The van der Waals surface area contributed by atoms with Crippen LogP contribution in [0.25, 0.3) is 0 Å². The number of aliphatic hydroxyl groups excluding tert-OH is 1. The van der Waals surface area contributed by atoms with Gasteiger partial charge in [0.25, 0.3) is 0 Å². The zero-order valence-corrected chi connectivity index (χ0v) is 7.95. The second-order valence-electron chi connectivity index (χ2n) is 3.63. The van der Waals surface area contributed by atoms with Crippen LogP contribution in [0.1, 0.15) is 20.8 Å². The van der Waals surface area contributed by atoms with Crippen LogP contribution >= 0.6 is 0 Å². The van der Waals surface area contributed by atoms with Gasteiger partial charge in [-0.05, 0) is 6.92 Å². The molecule has 0 aromatic rings. The van der Waals surface area contributed by atoms with Crippen LogP contribution in [0.3, 0.4) is 0 Å². The van der Waals surface area contributed by atoms with Crippen LogP contribution in [0.5, 0.6) is 0 Å². The predicted molar refractivity (Wildman–Crippen MR) is 46.6 cm³/mol. The van der Waals surface area contributed by atoms with Gasteiger partial charge < -0.3 is 10.0 Å². The molecule has 70 valence electrons. The van der Waals surface area contributed by atoms with Crippen LogP contribution in [-0.4, -0.2) is 35.1 Å². The largest absolute Gasteiger partial charge is 0.392 e. The number of aliphatic hydroxyl groups is 1. The van der Waals surface area contributed by atoms with Crippen molar-refractivity contribution in [2.75, 3.05) is 13.1 Å². The summed E-state index contributed by atoms with van der Waals surface area (Å²) in [5.74, 6) is 0.0643. The Bertz CT molecular complexity index is 177. The number of carbonyl (C=O) groups excluding carboxylic acids is 1. The van der Waals surface area contributed by atoms with Crippen molar-refractivity contribution < 1.29 is 9.90 Å². The van der Waals surface area contributed by atoms with Gasteiger partial charge in [0.15, 0.2) is 0 Å². The monoisotopic (exact) mass is 171 g/mol. The Morgan fingerprint density at radius 3 is 2.67 bits per heavy atom. The lowest BCUT2D eigenvalue weighted by Crippen LogP contribution is -2.51. The van der Waals surface area contributed by atoms with E-state index in [1.54, 1.807) is 6.92 Å². The molecule has 1 amide bonds. The van der Waals surface area contributed by atoms with Gasteiger partial charge in [0.2, 0.25) is 5.91 Å². The SMILES string of the molecule is CCN1C[C@H](C)[C@H](O)[C@H](C)C1=O. The van der Waals surface area contributed by atoms with E-state index < -0.39 is 6.10 Å². The molecule has 3 heteroatoms. The van der Waals surface area contributed by atoms with Gasteiger partial charge in [0, 0.05) is 19.0 Å². The summed E-state index contributed by atoms with van der Waals surface area (Å²) >= 11 is 0. The summed E-state index contributed by atoms with van der Waals surface area (Å²) < 4.78 is 0. The number of hydrogen-bond acceptors (Lipinski definition) is 2. The lowest BCUT2D eigenvalue weighted by atomic mass is 9.88. The minimum Gasteiger partial charge on any atom is -0.392 e. The van der Waals surface area contributed by atoms with Crippen molar-refractivity contribution in [1.29, 1.82) is 0 Å². The molecule has 12 heavy (non-hydrogen) atoms. The number of amides is 1. The van der Waals surface area contributed by atoms with Crippen molar-refractivity contribution >= 4 is 5.91 Å². The number of rotatable bonds is 1. The van der Waals surface area contributed by atoms with Crippen molar-refractivity contribution in [2.45, 2.75) is 26.9 Å². The van der Waals surface area contributed by atoms with Crippen LogP contribution in [-0.2, 0) is 4.79 Å². The Morgan fingerprint density at radius 2 is 2.17 bits per heavy atom. The fraction of sp³-hybridized carbons (Fsp3) is 0.889. The standard InChI is InChI=1S/C9H17NO2/c1-4-10-5-6(2)8(11)7(3)9(10)12/h6-8,11H,4-5H2,1-3H3/t6-,7-,8-/m0/s1. The summed E-state index contributed by atoms with van der Waals surface area (Å²) in [5.41, 5.74) is 0. The maximum atomic E-state index is 11.5. The van der Waals surface area contributed by atoms with Gasteiger partial charge in [-0.3, -0.25) is 4.79 Å². The van der Waals surface area contributed by atoms with Crippen LogP contribution in [0, 0.1) is 11.8 Å². The van der Waals surface area contributed by atoms with Gasteiger partial charge in [-0.2, -0.15) is 0 Å². The van der Waals surface area contributed by atoms with Crippen molar-refractivity contribution in [3.8, 4) is 0 Å². The Labute approximate surface area is 73.4 Å². The molecule has 0 saturated carbocycles. The Balaban J connectivity index is 2.70. The van der Waals surface area contributed by atoms with Crippen molar-refractivity contribution in [2.24, 2.45) is 11.8 Å². The normalized spacial score (nSPS) is 37.2. The summed E-state index contributed by atoms with van der Waals surface area (Å²) in [5, 5.41) is 9.58. The Hall–Kier alpha value is -0.570. The zero-order chi connectivity index (χ0) is 9.30. The highest BCUT2D eigenvalue weighted by atomic mass is 16.3. The van der Waals surface area contributed by atoms with Gasteiger partial charge in [0.05, 0.1) is 12.0 Å². The molecule has 3 nitrogen and oxygen atoms in total. The summed E-state index contributed by atoms with van der Waals surface area (Å²) in [7, 11) is 0. The fourth-order valence-electron chi connectivity index (χ4n) is 1.76. The molecule has 1 fully saturated rings. The number of piperidine rings is 1. The molecule has 1 saturated heterocycles. The molecule has 0 bridgehead atoms. The van der Waals surface area contributed by atoms with Crippen molar-refractivity contribution in [3.05, 3.63) is 0 Å². The lowest BCUT2D eigenvalue weighted by Gasteiger charge is -2.37. The molecular weight excluding hydrogens is 154 g/mol. The first-order chi connectivity index (χ1) is 5.57. The van der Waals surface area contributed by atoms with Crippen molar-refractivity contribution in [3.63, 3.8) is 0 Å². The molecule has 0 unspecified atom stereocenters. The molecule has 3 atom stereocenters. The maximum absolute atomic E-state index is 11.5. The second kappa shape index (κ2) is 3.44. The molecule has 1 rings (SSSR count). The molecule has 0 spiro atoms. The molecule has 0 aromatic heterocycles. The van der Waals surface area contributed by atoms with E-state index in [1.807, 2.05) is 18.7 Å². The minimum atomic E-state index is -0.458. The van der Waals surface area contributed by atoms with Gasteiger partial charge in [0.1, 0.15) is 0 Å². The van der Waals surface area contributed by atoms with E-state index in [0.717, 1.165) is 6.54 Å². The summed E-state index contributed by atoms with van der Waals surface area (Å²) in [4.78, 5) is 13.3. The number of hydrogen-bond donors (Lipinski definition) is 1. The van der Waals surface area contributed by atoms with Crippen LogP contribution in [0.2, 0.25) is 0 Å². The molecule has 1 aliphatic heterocycles. The number of likely N-dealkylation sites (tertiary alicyclic amines) is 1. The number of nitrogens with zero attached hydrogens (tertiary/aromatic N) is 1. The van der Waals surface area contributed by atoms with Gasteiger partial charge in [-0.1, -0.05) is 13.8 Å². The average molecular weight is 171 g/mol. The fourth-order valence-corrected chi connectivity index (χ4v) is 1.76. The first-order valence-electron chi connectivity index (χ1n) is 4.54. The van der Waals surface area contributed by atoms with Gasteiger partial charge in [-0.15, -0.1) is 0 Å². The van der Waals surface area contributed by atoms with E-state index >= 15 is 0 Å². The van der Waals surface area contributed by atoms with Gasteiger partial charge >= 0.3 is 0 Å². The quantitative estimate of drug-likeness (QED) is 0.623. The summed E-state index contributed by atoms with van der Waals surface area (Å²) in [6.07, 6.45) is -0.458. The van der Waals surface area contributed by atoms with Crippen LogP contribution in [0.15, 0.2) is 0 Å². The third-order valence-electron chi connectivity index (χ3n) is 2.69. The van der Waals surface area contributed by atoms with Crippen molar-refractivity contribution in [1.82, 2.24) is 4.90 Å². The average Bonchev–Trinajstić information content (AvgIpc) is 2.08. The van der Waals surface area contributed by atoms with E-state index in [9.17, 15) is 9.90 Å². The Kier molecular flexibility index (Phi) is 2.73. The van der Waals surface area contributed by atoms with Crippen LogP contribution in [0.4, 0.5) is 0 Å². The van der Waals surface area contributed by atoms with E-state index in [2.05, 4.69) is 0 Å². The molecule has 1 heterocycles. The Morgan fingerprint density at radius 1 is 1.58 bits per heavy atom.